The van der Waals surface area contributed by atoms with Crippen LogP contribution >= 0.6 is 0 Å². The summed E-state index contributed by atoms with van der Waals surface area (Å²) in [5.41, 5.74) is 1.04. The van der Waals surface area contributed by atoms with Crippen molar-refractivity contribution in [1.29, 1.82) is 0 Å². The summed E-state index contributed by atoms with van der Waals surface area (Å²) in [4.78, 5) is 13.3. The van der Waals surface area contributed by atoms with Gasteiger partial charge in [-0.2, -0.15) is 13.2 Å². The number of alkyl halides is 3. The van der Waals surface area contributed by atoms with Crippen LogP contribution in [0.4, 0.5) is 13.2 Å². The van der Waals surface area contributed by atoms with Crippen molar-refractivity contribution in [2.24, 2.45) is 0 Å². The van der Waals surface area contributed by atoms with E-state index >= 15 is 0 Å². The summed E-state index contributed by atoms with van der Waals surface area (Å²) >= 11 is 0. The number of piperidine rings is 1. The first kappa shape index (κ1) is 17.9. The highest BCUT2D eigenvalue weighted by molar-refractivity contribution is 5.69. The number of likely N-dealkylation sites (tertiary alicyclic amines) is 1. The van der Waals surface area contributed by atoms with Crippen LogP contribution in [-0.4, -0.2) is 38.0 Å². The van der Waals surface area contributed by atoms with Crippen LogP contribution in [0.2, 0.25) is 0 Å². The van der Waals surface area contributed by atoms with E-state index < -0.39 is 18.0 Å². The van der Waals surface area contributed by atoms with Gasteiger partial charge in [-0.15, -0.1) is 0 Å². The van der Waals surface area contributed by atoms with Gasteiger partial charge in [0.05, 0.1) is 11.1 Å². The van der Waals surface area contributed by atoms with Crippen molar-refractivity contribution in [1.82, 2.24) is 19.9 Å². The molecule has 1 unspecified atom stereocenters. The molecule has 0 saturated carbocycles. The Labute approximate surface area is 153 Å². The van der Waals surface area contributed by atoms with Crippen LogP contribution in [-0.2, 0) is 6.18 Å². The SMILES string of the molecule is OC(c1nc2ncccc2[nH]1)N1CCC(c2ccccc2C(F)(F)F)CC1. The van der Waals surface area contributed by atoms with Crippen LogP contribution < -0.4 is 0 Å². The first-order valence-corrected chi connectivity index (χ1v) is 8.82. The number of aliphatic hydroxyl groups excluding tert-OH is 1. The van der Waals surface area contributed by atoms with Crippen LogP contribution in [0.15, 0.2) is 42.6 Å². The number of aromatic amines is 1. The number of hydrogen-bond acceptors (Lipinski definition) is 4. The molecule has 0 amide bonds. The molecule has 2 N–H and O–H groups in total. The number of fused-ring (bicyclic) bond motifs is 1. The van der Waals surface area contributed by atoms with Gasteiger partial charge >= 0.3 is 6.18 Å². The molecule has 4 rings (SSSR count). The van der Waals surface area contributed by atoms with Gasteiger partial charge in [-0.05, 0) is 42.5 Å². The molecule has 2 aromatic heterocycles. The lowest BCUT2D eigenvalue weighted by molar-refractivity contribution is -0.138. The maximum atomic E-state index is 13.3. The largest absolute Gasteiger partial charge is 0.416 e. The summed E-state index contributed by atoms with van der Waals surface area (Å²) in [5, 5.41) is 10.6. The Morgan fingerprint density at radius 3 is 2.56 bits per heavy atom. The number of benzene rings is 1. The fourth-order valence-electron chi connectivity index (χ4n) is 3.73. The Morgan fingerprint density at radius 1 is 1.11 bits per heavy atom. The van der Waals surface area contributed by atoms with E-state index in [4.69, 9.17) is 0 Å². The predicted octanol–water partition coefficient (Wildman–Crippen LogP) is 3.85. The van der Waals surface area contributed by atoms with Gasteiger partial charge in [0.15, 0.2) is 17.7 Å². The van der Waals surface area contributed by atoms with Crippen molar-refractivity contribution in [3.63, 3.8) is 0 Å². The number of pyridine rings is 1. The summed E-state index contributed by atoms with van der Waals surface area (Å²) in [6.45, 7) is 0.977. The van der Waals surface area contributed by atoms with Gasteiger partial charge in [-0.3, -0.25) is 4.90 Å². The number of rotatable bonds is 3. The average Bonchev–Trinajstić information content (AvgIpc) is 3.11. The molecule has 0 spiro atoms. The van der Waals surface area contributed by atoms with Crippen LogP contribution in [0, 0.1) is 0 Å². The quantitative estimate of drug-likeness (QED) is 0.729. The molecular formula is C19H19F3N4O. The first-order chi connectivity index (χ1) is 12.9. The van der Waals surface area contributed by atoms with E-state index in [1.54, 1.807) is 24.4 Å². The minimum absolute atomic E-state index is 0.177. The molecule has 0 aliphatic carbocycles. The summed E-state index contributed by atoms with van der Waals surface area (Å²) in [7, 11) is 0. The number of aromatic nitrogens is 3. The second-order valence-electron chi connectivity index (χ2n) is 6.77. The zero-order valence-corrected chi connectivity index (χ0v) is 14.4. The Kier molecular flexibility index (Phi) is 4.61. The van der Waals surface area contributed by atoms with Crippen LogP contribution in [0.25, 0.3) is 11.2 Å². The molecule has 1 aliphatic rings. The lowest BCUT2D eigenvalue weighted by atomic mass is 9.86. The smallest absolute Gasteiger partial charge is 0.371 e. The fraction of sp³-hybridized carbons (Fsp3) is 0.368. The van der Waals surface area contributed by atoms with Crippen LogP contribution in [0.3, 0.4) is 0 Å². The molecule has 1 saturated heterocycles. The topological polar surface area (TPSA) is 65.0 Å². The maximum Gasteiger partial charge on any atom is 0.416 e. The predicted molar refractivity (Wildman–Crippen MR) is 93.8 cm³/mol. The van der Waals surface area contributed by atoms with Crippen molar-refractivity contribution in [3.8, 4) is 0 Å². The van der Waals surface area contributed by atoms with Gasteiger partial charge in [-0.25, -0.2) is 9.97 Å². The number of nitrogens with zero attached hydrogens (tertiary/aromatic N) is 3. The summed E-state index contributed by atoms with van der Waals surface area (Å²) in [6.07, 6.45) is -2.57. The van der Waals surface area contributed by atoms with Gasteiger partial charge in [0.2, 0.25) is 0 Å². The molecule has 1 atom stereocenters. The lowest BCUT2D eigenvalue weighted by Gasteiger charge is -2.35. The second kappa shape index (κ2) is 6.94. The highest BCUT2D eigenvalue weighted by Gasteiger charge is 2.36. The molecule has 5 nitrogen and oxygen atoms in total. The first-order valence-electron chi connectivity index (χ1n) is 8.82. The second-order valence-corrected chi connectivity index (χ2v) is 6.77. The van der Waals surface area contributed by atoms with Gasteiger partial charge in [0.25, 0.3) is 0 Å². The minimum Gasteiger partial charge on any atom is -0.371 e. The van der Waals surface area contributed by atoms with Crippen molar-refractivity contribution in [2.75, 3.05) is 13.1 Å². The van der Waals surface area contributed by atoms with Crippen LogP contribution in [0.5, 0.6) is 0 Å². The standard InChI is InChI=1S/C19H19F3N4O/c20-19(21,22)14-5-2-1-4-13(14)12-7-10-26(11-8-12)18(27)17-24-15-6-3-9-23-16(15)25-17/h1-6,9,12,18,27H,7-8,10-11H2,(H,23,24,25). The van der Waals surface area contributed by atoms with E-state index in [1.807, 2.05) is 11.0 Å². The average molecular weight is 376 g/mol. The molecule has 3 aromatic rings. The molecule has 27 heavy (non-hydrogen) atoms. The molecule has 142 valence electrons. The van der Waals surface area contributed by atoms with Crippen molar-refractivity contribution in [2.45, 2.75) is 31.2 Å². The normalized spacial score (nSPS) is 18.1. The molecule has 1 aromatic carbocycles. The minimum atomic E-state index is -4.35. The number of halogens is 3. The van der Waals surface area contributed by atoms with Crippen molar-refractivity contribution < 1.29 is 18.3 Å². The molecule has 1 fully saturated rings. The van der Waals surface area contributed by atoms with Gasteiger partial charge in [0.1, 0.15) is 0 Å². The Hall–Kier alpha value is -2.45. The van der Waals surface area contributed by atoms with E-state index in [2.05, 4.69) is 15.0 Å². The third-order valence-corrected chi connectivity index (χ3v) is 5.10. The van der Waals surface area contributed by atoms with Gasteiger partial charge < -0.3 is 10.1 Å². The van der Waals surface area contributed by atoms with E-state index in [-0.39, 0.29) is 5.92 Å². The van der Waals surface area contributed by atoms with E-state index in [0.717, 1.165) is 11.6 Å². The lowest BCUT2D eigenvalue weighted by Crippen LogP contribution is -2.37. The fourth-order valence-corrected chi connectivity index (χ4v) is 3.73. The molecule has 1 aliphatic heterocycles. The van der Waals surface area contributed by atoms with Crippen LogP contribution in [0.1, 0.15) is 41.9 Å². The summed E-state index contributed by atoms with van der Waals surface area (Å²) in [6, 6.07) is 9.36. The molecular weight excluding hydrogens is 357 g/mol. The zero-order valence-electron chi connectivity index (χ0n) is 14.4. The van der Waals surface area contributed by atoms with E-state index in [0.29, 0.717) is 43.0 Å². The van der Waals surface area contributed by atoms with Gasteiger partial charge in [-0.1, -0.05) is 18.2 Å². The number of aliphatic hydroxyl groups is 1. The monoisotopic (exact) mass is 376 g/mol. The van der Waals surface area contributed by atoms with Gasteiger partial charge in [0, 0.05) is 19.3 Å². The molecule has 0 bridgehead atoms. The van der Waals surface area contributed by atoms with Crippen molar-refractivity contribution in [3.05, 3.63) is 59.5 Å². The number of imidazole rings is 1. The highest BCUT2D eigenvalue weighted by Crippen LogP contribution is 2.39. The summed E-state index contributed by atoms with van der Waals surface area (Å²) < 4.78 is 39.8. The molecule has 0 radical (unpaired) electrons. The number of nitrogens with one attached hydrogen (secondary N) is 1. The Morgan fingerprint density at radius 2 is 1.85 bits per heavy atom. The molecule has 3 heterocycles. The Balaban J connectivity index is 1.48. The van der Waals surface area contributed by atoms with Crippen molar-refractivity contribution >= 4 is 11.2 Å². The number of hydrogen-bond donors (Lipinski definition) is 2. The summed E-state index contributed by atoms with van der Waals surface area (Å²) in [5.74, 6) is 0.224. The third kappa shape index (κ3) is 3.54. The Bertz CT molecular complexity index is 899. The van der Waals surface area contributed by atoms with E-state index in [1.165, 1.54) is 6.07 Å². The third-order valence-electron chi connectivity index (χ3n) is 5.10. The zero-order chi connectivity index (χ0) is 19.0. The number of H-pyrrole nitrogens is 1. The van der Waals surface area contributed by atoms with E-state index in [9.17, 15) is 18.3 Å². The highest BCUT2D eigenvalue weighted by atomic mass is 19.4. The maximum absolute atomic E-state index is 13.3. The molecule has 8 heteroatoms.